The lowest BCUT2D eigenvalue weighted by atomic mass is 10.1. The molecule has 0 aliphatic heterocycles. The van der Waals surface area contributed by atoms with Crippen LogP contribution in [0.3, 0.4) is 0 Å². The summed E-state index contributed by atoms with van der Waals surface area (Å²) in [5.74, 6) is 0.729. The first kappa shape index (κ1) is 18.7. The number of benzene rings is 3. The molecule has 148 valence electrons. The lowest BCUT2D eigenvalue weighted by Gasteiger charge is -2.14. The van der Waals surface area contributed by atoms with Crippen molar-refractivity contribution in [3.05, 3.63) is 101 Å². The highest BCUT2D eigenvalue weighted by Crippen LogP contribution is 2.30. The number of aromatic nitrogens is 2. The van der Waals surface area contributed by atoms with Gasteiger partial charge in [-0.25, -0.2) is 4.98 Å². The molecule has 4 nitrogen and oxygen atoms in total. The first-order valence-corrected chi connectivity index (χ1v) is 10.8. The Morgan fingerprint density at radius 3 is 2.50 bits per heavy atom. The maximum atomic E-state index is 12.6. The van der Waals surface area contributed by atoms with Gasteiger partial charge in [-0.1, -0.05) is 66.7 Å². The molecule has 0 saturated carbocycles. The van der Waals surface area contributed by atoms with Gasteiger partial charge in [0.2, 0.25) is 0 Å². The Balaban J connectivity index is 1.38. The second kappa shape index (κ2) is 7.86. The Hall–Kier alpha value is -3.28. The van der Waals surface area contributed by atoms with Crippen molar-refractivity contribution in [2.75, 3.05) is 7.05 Å². The van der Waals surface area contributed by atoms with Crippen LogP contribution >= 0.6 is 11.3 Å². The fourth-order valence-corrected chi connectivity index (χ4v) is 4.91. The summed E-state index contributed by atoms with van der Waals surface area (Å²) in [5.41, 5.74) is 2.32. The molecule has 2 N–H and O–H groups in total. The molecular formula is C25H22N3OS+. The van der Waals surface area contributed by atoms with Crippen molar-refractivity contribution in [3.8, 4) is 10.4 Å². The number of quaternary nitrogens is 1. The molecule has 2 heterocycles. The summed E-state index contributed by atoms with van der Waals surface area (Å²) in [6, 6.07) is 27.0. The van der Waals surface area contributed by atoms with Gasteiger partial charge in [0.1, 0.15) is 17.9 Å². The third-order valence-corrected chi connectivity index (χ3v) is 6.38. The lowest BCUT2D eigenvalue weighted by molar-refractivity contribution is -0.908. The number of nitrogens with zero attached hydrogens (tertiary/aromatic N) is 1. The average molecular weight is 413 g/mol. The molecule has 5 aromatic rings. The maximum Gasteiger partial charge on any atom is 0.259 e. The van der Waals surface area contributed by atoms with Gasteiger partial charge < -0.3 is 9.88 Å². The SMILES string of the molecule is C[NH+](Cc1ccc2ccccc2c1)Cc1nc2sc(-c3ccccc3)cc2c(=O)[nH]1. The molecule has 1 atom stereocenters. The van der Waals surface area contributed by atoms with Crippen molar-refractivity contribution in [1.29, 1.82) is 0 Å². The highest BCUT2D eigenvalue weighted by Gasteiger charge is 2.13. The fourth-order valence-electron chi connectivity index (χ4n) is 3.85. The predicted octanol–water partition coefficient (Wildman–Crippen LogP) is 4.02. The number of aromatic amines is 1. The van der Waals surface area contributed by atoms with Gasteiger partial charge in [0.25, 0.3) is 5.56 Å². The summed E-state index contributed by atoms with van der Waals surface area (Å²) in [5, 5.41) is 3.17. The van der Waals surface area contributed by atoms with E-state index in [1.54, 1.807) is 11.3 Å². The van der Waals surface area contributed by atoms with E-state index in [0.29, 0.717) is 11.9 Å². The highest BCUT2D eigenvalue weighted by molar-refractivity contribution is 7.21. The molecule has 0 saturated heterocycles. The van der Waals surface area contributed by atoms with E-state index in [0.717, 1.165) is 27.6 Å². The van der Waals surface area contributed by atoms with E-state index in [1.165, 1.54) is 21.2 Å². The molecule has 0 bridgehead atoms. The van der Waals surface area contributed by atoms with Crippen LogP contribution in [0.1, 0.15) is 11.4 Å². The van der Waals surface area contributed by atoms with Crippen LogP contribution < -0.4 is 10.5 Å². The minimum Gasteiger partial charge on any atom is -0.327 e. The molecule has 1 unspecified atom stereocenters. The van der Waals surface area contributed by atoms with E-state index in [9.17, 15) is 4.79 Å². The smallest absolute Gasteiger partial charge is 0.259 e. The first-order chi connectivity index (χ1) is 14.7. The number of thiophene rings is 1. The molecule has 0 radical (unpaired) electrons. The van der Waals surface area contributed by atoms with Crippen molar-refractivity contribution in [3.63, 3.8) is 0 Å². The Morgan fingerprint density at radius 1 is 0.900 bits per heavy atom. The molecule has 0 aliphatic carbocycles. The quantitative estimate of drug-likeness (QED) is 0.458. The van der Waals surface area contributed by atoms with Gasteiger partial charge in [-0.05, 0) is 28.5 Å². The fraction of sp³-hybridized carbons (Fsp3) is 0.120. The second-order valence-corrected chi connectivity index (χ2v) is 8.73. The predicted molar refractivity (Wildman–Crippen MR) is 124 cm³/mol. The van der Waals surface area contributed by atoms with Crippen LogP contribution in [0.2, 0.25) is 0 Å². The standard InChI is InChI=1S/C25H21N3OS/c1-28(15-17-11-12-18-7-5-6-10-20(18)13-17)16-23-26-24(29)21-14-22(30-25(21)27-23)19-8-3-2-4-9-19/h2-14H,15-16H2,1H3,(H,26,27,29)/p+1. The average Bonchev–Trinajstić information content (AvgIpc) is 3.19. The number of nitrogens with one attached hydrogen (secondary N) is 2. The largest absolute Gasteiger partial charge is 0.327 e. The van der Waals surface area contributed by atoms with Gasteiger partial charge in [0, 0.05) is 10.4 Å². The number of hydrogen-bond donors (Lipinski definition) is 2. The molecular weight excluding hydrogens is 390 g/mol. The molecule has 5 rings (SSSR count). The van der Waals surface area contributed by atoms with Crippen LogP contribution in [0.4, 0.5) is 0 Å². The first-order valence-electron chi connectivity index (χ1n) is 10.0. The maximum absolute atomic E-state index is 12.6. The minimum atomic E-state index is -0.0630. The summed E-state index contributed by atoms with van der Waals surface area (Å²) >= 11 is 1.57. The summed E-state index contributed by atoms with van der Waals surface area (Å²) < 4.78 is 0. The minimum absolute atomic E-state index is 0.0630. The molecule has 5 heteroatoms. The van der Waals surface area contributed by atoms with Crippen LogP contribution in [0.15, 0.2) is 83.7 Å². The van der Waals surface area contributed by atoms with E-state index in [-0.39, 0.29) is 5.56 Å². The third-order valence-electron chi connectivity index (χ3n) is 5.30. The zero-order valence-corrected chi connectivity index (χ0v) is 17.5. The Bertz CT molecular complexity index is 1390. The van der Waals surface area contributed by atoms with Crippen LogP contribution in [0, 0.1) is 0 Å². The molecule has 0 spiro atoms. The number of fused-ring (bicyclic) bond motifs is 2. The van der Waals surface area contributed by atoms with Gasteiger partial charge in [-0.2, -0.15) is 0 Å². The molecule has 0 fully saturated rings. The van der Waals surface area contributed by atoms with Crippen LogP contribution in [0.25, 0.3) is 31.4 Å². The molecule has 30 heavy (non-hydrogen) atoms. The van der Waals surface area contributed by atoms with Gasteiger partial charge in [0.05, 0.1) is 12.4 Å². The number of rotatable bonds is 5. The second-order valence-electron chi connectivity index (χ2n) is 7.70. The van der Waals surface area contributed by atoms with Crippen LogP contribution in [0.5, 0.6) is 0 Å². The number of hydrogen-bond acceptors (Lipinski definition) is 3. The van der Waals surface area contributed by atoms with Gasteiger partial charge in [-0.15, -0.1) is 11.3 Å². The van der Waals surface area contributed by atoms with E-state index >= 15 is 0 Å². The van der Waals surface area contributed by atoms with Crippen LogP contribution in [-0.4, -0.2) is 17.0 Å². The lowest BCUT2D eigenvalue weighted by Crippen LogP contribution is -3.06. The Labute approximate surface area is 178 Å². The van der Waals surface area contributed by atoms with Crippen LogP contribution in [-0.2, 0) is 13.1 Å². The Morgan fingerprint density at radius 2 is 1.67 bits per heavy atom. The molecule has 0 amide bonds. The third kappa shape index (κ3) is 3.77. The summed E-state index contributed by atoms with van der Waals surface area (Å²) in [7, 11) is 2.13. The van der Waals surface area contributed by atoms with E-state index in [1.807, 2.05) is 24.3 Å². The zero-order chi connectivity index (χ0) is 20.5. The molecule has 0 aliphatic rings. The summed E-state index contributed by atoms with van der Waals surface area (Å²) in [6.07, 6.45) is 0. The Kier molecular flexibility index (Phi) is 4.91. The molecule has 2 aromatic heterocycles. The van der Waals surface area contributed by atoms with Crippen molar-refractivity contribution < 1.29 is 4.90 Å². The van der Waals surface area contributed by atoms with Gasteiger partial charge in [-0.3, -0.25) is 4.79 Å². The molecule has 3 aromatic carbocycles. The summed E-state index contributed by atoms with van der Waals surface area (Å²) in [6.45, 7) is 1.53. The highest BCUT2D eigenvalue weighted by atomic mass is 32.1. The number of H-pyrrole nitrogens is 1. The van der Waals surface area contributed by atoms with E-state index < -0.39 is 0 Å². The van der Waals surface area contributed by atoms with Crippen molar-refractivity contribution in [2.45, 2.75) is 13.1 Å². The van der Waals surface area contributed by atoms with E-state index in [2.05, 4.69) is 66.6 Å². The van der Waals surface area contributed by atoms with Gasteiger partial charge in [0.15, 0.2) is 5.82 Å². The monoisotopic (exact) mass is 412 g/mol. The van der Waals surface area contributed by atoms with Gasteiger partial charge >= 0.3 is 0 Å². The normalized spacial score (nSPS) is 12.4. The van der Waals surface area contributed by atoms with Crippen molar-refractivity contribution in [1.82, 2.24) is 9.97 Å². The van der Waals surface area contributed by atoms with E-state index in [4.69, 9.17) is 4.98 Å². The summed E-state index contributed by atoms with van der Waals surface area (Å²) in [4.78, 5) is 23.5. The van der Waals surface area contributed by atoms with Crippen molar-refractivity contribution in [2.24, 2.45) is 0 Å². The zero-order valence-electron chi connectivity index (χ0n) is 16.7. The topological polar surface area (TPSA) is 50.2 Å². The van der Waals surface area contributed by atoms with Crippen molar-refractivity contribution >= 4 is 32.3 Å².